The first-order valence-electron chi connectivity index (χ1n) is 5.01. The van der Waals surface area contributed by atoms with E-state index < -0.39 is 0 Å². The van der Waals surface area contributed by atoms with E-state index in [1.54, 1.807) is 0 Å². The zero-order valence-corrected chi connectivity index (χ0v) is 8.64. The maximum Gasteiger partial charge on any atom is 0.101 e. The number of rotatable bonds is 2. The lowest BCUT2D eigenvalue weighted by molar-refractivity contribution is 1.06. The van der Waals surface area contributed by atoms with Gasteiger partial charge in [-0.15, -0.1) is 0 Å². The summed E-state index contributed by atoms with van der Waals surface area (Å²) >= 11 is 0. The Morgan fingerprint density at radius 1 is 1.27 bits per heavy atom. The van der Waals surface area contributed by atoms with Crippen LogP contribution in [0.15, 0.2) is 42.7 Å². The van der Waals surface area contributed by atoms with E-state index in [4.69, 9.17) is 5.26 Å². The molecule has 1 heterocycles. The van der Waals surface area contributed by atoms with Gasteiger partial charge in [-0.05, 0) is 36.2 Å². The van der Waals surface area contributed by atoms with Gasteiger partial charge in [-0.2, -0.15) is 5.26 Å². The van der Waals surface area contributed by atoms with Crippen LogP contribution in [-0.4, -0.2) is 4.57 Å². The van der Waals surface area contributed by atoms with Crippen molar-refractivity contribution in [2.75, 3.05) is 0 Å². The summed E-state index contributed by atoms with van der Waals surface area (Å²) in [6, 6.07) is 12.2. The van der Waals surface area contributed by atoms with Crippen LogP contribution in [0.25, 0.3) is 5.69 Å². The first-order valence-corrected chi connectivity index (χ1v) is 5.01. The summed E-state index contributed by atoms with van der Waals surface area (Å²) in [5, 5.41) is 9.07. The van der Waals surface area contributed by atoms with Crippen molar-refractivity contribution in [1.29, 1.82) is 5.26 Å². The van der Waals surface area contributed by atoms with E-state index in [1.165, 1.54) is 5.56 Å². The second kappa shape index (κ2) is 4.02. The maximum absolute atomic E-state index is 9.07. The van der Waals surface area contributed by atoms with Gasteiger partial charge in [-0.3, -0.25) is 0 Å². The zero-order valence-electron chi connectivity index (χ0n) is 8.64. The first-order chi connectivity index (χ1) is 7.35. The lowest BCUT2D eigenvalue weighted by Crippen LogP contribution is -1.95. The predicted molar refractivity (Wildman–Crippen MR) is 59.9 cm³/mol. The monoisotopic (exact) mass is 196 g/mol. The summed E-state index contributed by atoms with van der Waals surface area (Å²) in [6.07, 6.45) is 4.85. The Kier molecular flexibility index (Phi) is 2.55. The molecule has 1 aromatic heterocycles. The highest BCUT2D eigenvalue weighted by molar-refractivity contribution is 5.50. The van der Waals surface area contributed by atoms with Crippen LogP contribution in [0.2, 0.25) is 0 Å². The van der Waals surface area contributed by atoms with Crippen LogP contribution in [-0.2, 0) is 6.42 Å². The van der Waals surface area contributed by atoms with Crippen molar-refractivity contribution in [3.8, 4) is 11.8 Å². The van der Waals surface area contributed by atoms with E-state index in [-0.39, 0.29) is 0 Å². The Morgan fingerprint density at radius 3 is 2.60 bits per heavy atom. The molecule has 0 radical (unpaired) electrons. The molecule has 0 atom stereocenters. The molecule has 0 saturated heterocycles. The summed E-state index contributed by atoms with van der Waals surface area (Å²) < 4.78 is 1.96. The molecule has 1 aromatic carbocycles. The van der Waals surface area contributed by atoms with Crippen molar-refractivity contribution in [2.45, 2.75) is 13.3 Å². The molecule has 0 amide bonds. The molecule has 2 nitrogen and oxygen atoms in total. The molecule has 0 saturated carbocycles. The van der Waals surface area contributed by atoms with Crippen molar-refractivity contribution in [2.24, 2.45) is 0 Å². The topological polar surface area (TPSA) is 28.7 Å². The van der Waals surface area contributed by atoms with Crippen LogP contribution in [0, 0.1) is 11.3 Å². The second-order valence-corrected chi connectivity index (χ2v) is 3.41. The average molecular weight is 196 g/mol. The molecule has 15 heavy (non-hydrogen) atoms. The van der Waals surface area contributed by atoms with Crippen LogP contribution < -0.4 is 0 Å². The largest absolute Gasteiger partial charge is 0.323 e. The third-order valence-electron chi connectivity index (χ3n) is 2.47. The molecule has 0 fully saturated rings. The van der Waals surface area contributed by atoms with E-state index in [1.807, 2.05) is 41.2 Å². The fourth-order valence-electron chi connectivity index (χ4n) is 1.61. The molecule has 2 aromatic rings. The first kappa shape index (κ1) is 9.54. The minimum Gasteiger partial charge on any atom is -0.323 e. The Hall–Kier alpha value is -2.01. The molecule has 2 rings (SSSR count). The van der Waals surface area contributed by atoms with Gasteiger partial charge in [0.1, 0.15) is 6.07 Å². The fraction of sp³-hybridized carbons (Fsp3) is 0.154. The Balaban J connectivity index is 2.54. The van der Waals surface area contributed by atoms with E-state index in [9.17, 15) is 0 Å². The van der Waals surface area contributed by atoms with Crippen LogP contribution in [0.1, 0.15) is 18.1 Å². The summed E-state index contributed by atoms with van der Waals surface area (Å²) in [4.78, 5) is 0. The minimum atomic E-state index is 0.727. The van der Waals surface area contributed by atoms with E-state index in [0.29, 0.717) is 0 Å². The quantitative estimate of drug-likeness (QED) is 0.726. The van der Waals surface area contributed by atoms with Gasteiger partial charge in [0.05, 0.1) is 11.3 Å². The molecule has 0 aliphatic carbocycles. The summed E-state index contributed by atoms with van der Waals surface area (Å²) in [5.41, 5.74) is 2.87. The number of aromatic nitrogens is 1. The average Bonchev–Trinajstić information content (AvgIpc) is 2.81. The van der Waals surface area contributed by atoms with Gasteiger partial charge in [0.15, 0.2) is 0 Å². The number of nitrogens with zero attached hydrogens (tertiary/aromatic N) is 2. The molecule has 2 heteroatoms. The van der Waals surface area contributed by atoms with Gasteiger partial charge in [0, 0.05) is 12.4 Å². The van der Waals surface area contributed by atoms with E-state index >= 15 is 0 Å². The summed E-state index contributed by atoms with van der Waals surface area (Å²) in [6.45, 7) is 2.09. The normalized spacial score (nSPS) is 9.87. The number of hydrogen-bond acceptors (Lipinski definition) is 1. The lowest BCUT2D eigenvalue weighted by atomic mass is 10.1. The summed E-state index contributed by atoms with van der Waals surface area (Å²) in [7, 11) is 0. The molecule has 74 valence electrons. The maximum atomic E-state index is 9.07. The van der Waals surface area contributed by atoms with Gasteiger partial charge in [-0.25, -0.2) is 0 Å². The van der Waals surface area contributed by atoms with Crippen molar-refractivity contribution in [3.63, 3.8) is 0 Å². The highest BCUT2D eigenvalue weighted by atomic mass is 14.9. The molecule has 0 aliphatic heterocycles. The number of benzene rings is 1. The lowest BCUT2D eigenvalue weighted by Gasteiger charge is -2.06. The van der Waals surface area contributed by atoms with Gasteiger partial charge in [0.2, 0.25) is 0 Å². The SMILES string of the molecule is CCc1ccc(-n2cccc2)c(C#N)c1. The van der Waals surface area contributed by atoms with Gasteiger partial charge < -0.3 is 4.57 Å². The van der Waals surface area contributed by atoms with Crippen LogP contribution in [0.5, 0.6) is 0 Å². The molecule has 0 aliphatic rings. The van der Waals surface area contributed by atoms with Gasteiger partial charge in [-0.1, -0.05) is 13.0 Å². The summed E-state index contributed by atoms with van der Waals surface area (Å²) in [5.74, 6) is 0. The highest BCUT2D eigenvalue weighted by Crippen LogP contribution is 2.16. The molecule has 0 spiro atoms. The van der Waals surface area contributed by atoms with E-state index in [2.05, 4.69) is 19.1 Å². The van der Waals surface area contributed by atoms with Gasteiger partial charge >= 0.3 is 0 Å². The highest BCUT2D eigenvalue weighted by Gasteiger charge is 2.03. The van der Waals surface area contributed by atoms with Crippen molar-refractivity contribution in [3.05, 3.63) is 53.9 Å². The van der Waals surface area contributed by atoms with Gasteiger partial charge in [0.25, 0.3) is 0 Å². The number of aryl methyl sites for hydroxylation is 1. The molecule has 0 unspecified atom stereocenters. The molecular formula is C13H12N2. The number of nitriles is 1. The Bertz CT molecular complexity index is 490. The fourth-order valence-corrected chi connectivity index (χ4v) is 1.61. The molecule has 0 bridgehead atoms. The third-order valence-corrected chi connectivity index (χ3v) is 2.47. The predicted octanol–water partition coefficient (Wildman–Crippen LogP) is 2.91. The Morgan fingerprint density at radius 2 is 2.00 bits per heavy atom. The molecular weight excluding hydrogens is 184 g/mol. The zero-order chi connectivity index (χ0) is 10.7. The second-order valence-electron chi connectivity index (χ2n) is 3.41. The van der Waals surface area contributed by atoms with Crippen LogP contribution in [0.3, 0.4) is 0 Å². The van der Waals surface area contributed by atoms with Crippen molar-refractivity contribution in [1.82, 2.24) is 4.57 Å². The number of hydrogen-bond donors (Lipinski definition) is 0. The Labute approximate surface area is 89.4 Å². The van der Waals surface area contributed by atoms with Crippen molar-refractivity contribution >= 4 is 0 Å². The smallest absolute Gasteiger partial charge is 0.101 e. The van der Waals surface area contributed by atoms with E-state index in [0.717, 1.165) is 17.7 Å². The minimum absolute atomic E-state index is 0.727. The van der Waals surface area contributed by atoms with Crippen LogP contribution in [0.4, 0.5) is 0 Å². The standard InChI is InChI=1S/C13H12N2/c1-2-11-5-6-13(12(9-11)10-14)15-7-3-4-8-15/h3-9H,2H2,1H3. The molecule has 0 N–H and O–H groups in total. The van der Waals surface area contributed by atoms with Crippen molar-refractivity contribution < 1.29 is 0 Å². The van der Waals surface area contributed by atoms with Crippen LogP contribution >= 0.6 is 0 Å². The third kappa shape index (κ3) is 1.77.